The predicted molar refractivity (Wildman–Crippen MR) is 173 cm³/mol. The van der Waals surface area contributed by atoms with Crippen molar-refractivity contribution in [3.8, 4) is 16.8 Å². The molecule has 0 unspecified atom stereocenters. The molecule has 8 aromatic rings. The second-order valence-electron chi connectivity index (χ2n) is 11.4. The van der Waals surface area contributed by atoms with Crippen molar-refractivity contribution >= 4 is 66.8 Å². The summed E-state index contributed by atoms with van der Waals surface area (Å²) >= 11 is 1.91. The summed E-state index contributed by atoms with van der Waals surface area (Å²) < 4.78 is 4.92. The third-order valence-corrected chi connectivity index (χ3v) is 9.83. The van der Waals surface area contributed by atoms with E-state index in [-0.39, 0.29) is 4.75 Å². The summed E-state index contributed by atoms with van der Waals surface area (Å²) in [6, 6.07) is 40.2. The minimum atomic E-state index is 0.0319. The predicted octanol–water partition coefficient (Wildman–Crippen LogP) is 10.4. The lowest BCUT2D eigenvalue weighted by molar-refractivity contribution is 0.788. The van der Waals surface area contributed by atoms with Gasteiger partial charge in [-0.2, -0.15) is 0 Å². The summed E-state index contributed by atoms with van der Waals surface area (Å²) in [4.78, 5) is 0. The largest absolute Gasteiger partial charge is 0.309 e. The molecule has 3 heteroatoms. The Labute approximate surface area is 236 Å². The Morgan fingerprint density at radius 1 is 0.625 bits per heavy atom. The quantitative estimate of drug-likeness (QED) is 0.216. The van der Waals surface area contributed by atoms with Gasteiger partial charge in [0.05, 0.1) is 27.8 Å². The molecule has 4 heterocycles. The molecule has 0 fully saturated rings. The van der Waals surface area contributed by atoms with Crippen LogP contribution in [0.3, 0.4) is 0 Å². The van der Waals surface area contributed by atoms with Crippen LogP contribution in [0.2, 0.25) is 0 Å². The van der Waals surface area contributed by atoms with Crippen LogP contribution in [0.5, 0.6) is 0 Å². The van der Waals surface area contributed by atoms with Gasteiger partial charge in [0.2, 0.25) is 0 Å². The van der Waals surface area contributed by atoms with Crippen LogP contribution in [0.15, 0.2) is 115 Å². The molecule has 2 nitrogen and oxygen atoms in total. The molecule has 5 aromatic carbocycles. The summed E-state index contributed by atoms with van der Waals surface area (Å²) in [5.41, 5.74) is 11.6. The number of aromatic nitrogens is 2. The molecule has 0 amide bonds. The zero-order valence-electron chi connectivity index (χ0n) is 22.3. The van der Waals surface area contributed by atoms with Crippen molar-refractivity contribution in [3.63, 3.8) is 0 Å². The maximum atomic E-state index is 2.51. The van der Waals surface area contributed by atoms with Gasteiger partial charge in [-0.3, -0.25) is 0 Å². The highest BCUT2D eigenvalue weighted by molar-refractivity contribution is 8.03. The lowest BCUT2D eigenvalue weighted by Gasteiger charge is -2.26. The molecule has 0 radical (unpaired) electrons. The van der Waals surface area contributed by atoms with Gasteiger partial charge >= 0.3 is 0 Å². The van der Waals surface area contributed by atoms with Gasteiger partial charge in [-0.15, -0.1) is 11.8 Å². The Bertz CT molecular complexity index is 2310. The molecule has 0 saturated carbocycles. The molecule has 0 saturated heterocycles. The smallest absolute Gasteiger partial charge is 0.0611 e. The average molecular weight is 531 g/mol. The Balaban J connectivity index is 1.34. The Hall–Kier alpha value is -4.47. The number of hydrogen-bond acceptors (Lipinski definition) is 1. The monoisotopic (exact) mass is 530 g/mol. The molecule has 9 rings (SSSR count). The van der Waals surface area contributed by atoms with Crippen LogP contribution in [-0.2, 0) is 4.75 Å². The molecular formula is C37H26N2S. The van der Waals surface area contributed by atoms with Crippen molar-refractivity contribution in [2.45, 2.75) is 18.6 Å². The first-order valence-electron chi connectivity index (χ1n) is 13.9. The van der Waals surface area contributed by atoms with Gasteiger partial charge in [-0.25, -0.2) is 0 Å². The molecule has 1 aliphatic heterocycles. The summed E-state index contributed by atoms with van der Waals surface area (Å²) in [5.74, 6) is 0. The zero-order valence-corrected chi connectivity index (χ0v) is 23.2. The zero-order chi connectivity index (χ0) is 26.6. The average Bonchev–Trinajstić information content (AvgIpc) is 3.65. The van der Waals surface area contributed by atoms with E-state index in [4.69, 9.17) is 0 Å². The topological polar surface area (TPSA) is 9.34 Å². The van der Waals surface area contributed by atoms with E-state index < -0.39 is 0 Å². The highest BCUT2D eigenvalue weighted by atomic mass is 32.2. The fourth-order valence-electron chi connectivity index (χ4n) is 7.10. The summed E-state index contributed by atoms with van der Waals surface area (Å²) in [6.45, 7) is 4.69. The molecule has 1 aliphatic rings. The maximum Gasteiger partial charge on any atom is 0.0611 e. The number of rotatable bonds is 2. The van der Waals surface area contributed by atoms with Gasteiger partial charge in [0.1, 0.15) is 0 Å². The number of hydrogen-bond donors (Lipinski definition) is 0. The van der Waals surface area contributed by atoms with E-state index in [1.807, 2.05) is 11.8 Å². The van der Waals surface area contributed by atoms with Crippen LogP contribution in [0.4, 0.5) is 0 Å². The second-order valence-corrected chi connectivity index (χ2v) is 12.9. The van der Waals surface area contributed by atoms with Gasteiger partial charge < -0.3 is 8.97 Å². The van der Waals surface area contributed by atoms with E-state index in [0.717, 1.165) is 0 Å². The van der Waals surface area contributed by atoms with Crippen LogP contribution in [0, 0.1) is 0 Å². The van der Waals surface area contributed by atoms with E-state index in [9.17, 15) is 0 Å². The van der Waals surface area contributed by atoms with E-state index in [0.29, 0.717) is 0 Å². The number of fused-ring (bicyclic) bond motifs is 8. The molecule has 0 bridgehead atoms. The van der Waals surface area contributed by atoms with Crippen molar-refractivity contribution in [2.75, 3.05) is 0 Å². The van der Waals surface area contributed by atoms with Gasteiger partial charge in [-0.1, -0.05) is 66.7 Å². The summed E-state index contributed by atoms with van der Waals surface area (Å²) in [6.07, 6.45) is 2.31. The molecule has 190 valence electrons. The lowest BCUT2D eigenvalue weighted by atomic mass is 9.97. The second kappa shape index (κ2) is 7.80. The first kappa shape index (κ1) is 22.4. The minimum absolute atomic E-state index is 0.0319. The van der Waals surface area contributed by atoms with Crippen molar-refractivity contribution < 1.29 is 0 Å². The lowest BCUT2D eigenvalue weighted by Crippen LogP contribution is -2.14. The van der Waals surface area contributed by atoms with Crippen molar-refractivity contribution in [1.29, 1.82) is 0 Å². The molecule has 0 aliphatic carbocycles. The molecule has 0 N–H and O–H groups in total. The SMILES string of the molecule is CC1(C)SC=Cc2c1c1cccc3cc4c(-c5ccc6c(c5)c5ccccc5n6-c5ccccc5)ccc4n2c31. The van der Waals surface area contributed by atoms with Gasteiger partial charge in [0.25, 0.3) is 0 Å². The van der Waals surface area contributed by atoms with Crippen LogP contribution < -0.4 is 0 Å². The molecular weight excluding hydrogens is 504 g/mol. The molecule has 40 heavy (non-hydrogen) atoms. The van der Waals surface area contributed by atoms with E-state index in [1.54, 1.807) is 0 Å². The third-order valence-electron chi connectivity index (χ3n) is 8.76. The number of pyridine rings is 1. The Morgan fingerprint density at radius 3 is 2.30 bits per heavy atom. The highest BCUT2D eigenvalue weighted by Crippen LogP contribution is 2.49. The van der Waals surface area contributed by atoms with Crippen LogP contribution >= 0.6 is 11.8 Å². The fraction of sp³-hybridized carbons (Fsp3) is 0.0811. The van der Waals surface area contributed by atoms with Gasteiger partial charge in [-0.05, 0) is 84.3 Å². The first-order valence-corrected chi connectivity index (χ1v) is 14.7. The molecule has 3 aromatic heterocycles. The highest BCUT2D eigenvalue weighted by Gasteiger charge is 2.32. The van der Waals surface area contributed by atoms with E-state index in [2.05, 4.69) is 143 Å². The summed E-state index contributed by atoms with van der Waals surface area (Å²) in [7, 11) is 0. The number of nitrogens with zero attached hydrogens (tertiary/aromatic N) is 2. The van der Waals surface area contributed by atoms with Crippen molar-refractivity contribution in [1.82, 2.24) is 8.97 Å². The van der Waals surface area contributed by atoms with Crippen LogP contribution in [0.1, 0.15) is 25.1 Å². The Morgan fingerprint density at radius 2 is 1.40 bits per heavy atom. The number of benzene rings is 4. The summed E-state index contributed by atoms with van der Waals surface area (Å²) in [5, 5.41) is 8.79. The van der Waals surface area contributed by atoms with Crippen molar-refractivity contribution in [2.24, 2.45) is 0 Å². The van der Waals surface area contributed by atoms with Crippen molar-refractivity contribution in [3.05, 3.63) is 126 Å². The normalized spacial score (nSPS) is 14.8. The maximum absolute atomic E-state index is 2.51. The standard InChI is InChI=1S/C37H26N2S/c1-37(2)35-28-13-8-9-24-22-29-26(16-18-33(29)39(36(24)28)34(35)19-20-40-37)23-15-17-32-30(21-23)27-12-6-7-14-31(27)38(32)25-10-4-3-5-11-25/h3-22H,1-2H3. The molecule has 0 spiro atoms. The minimum Gasteiger partial charge on any atom is -0.309 e. The van der Waals surface area contributed by atoms with Gasteiger partial charge in [0.15, 0.2) is 0 Å². The fourth-order valence-corrected chi connectivity index (χ4v) is 7.97. The number of para-hydroxylation sites is 3. The van der Waals surface area contributed by atoms with E-state index >= 15 is 0 Å². The third kappa shape index (κ3) is 2.85. The van der Waals surface area contributed by atoms with Crippen LogP contribution in [0.25, 0.3) is 71.9 Å². The first-order chi connectivity index (χ1) is 19.6. The molecule has 0 atom stereocenters. The number of thioether (sulfide) groups is 1. The van der Waals surface area contributed by atoms with Crippen LogP contribution in [-0.4, -0.2) is 8.97 Å². The van der Waals surface area contributed by atoms with Gasteiger partial charge in [0, 0.05) is 37.5 Å². The Kier molecular flexibility index (Phi) is 4.36. The van der Waals surface area contributed by atoms with E-state index in [1.165, 1.54) is 77.1 Å².